The van der Waals surface area contributed by atoms with Crippen LogP contribution in [-0.2, 0) is 0 Å². The molecule has 2 nitrogen and oxygen atoms in total. The third kappa shape index (κ3) is 4.53. The minimum Gasteiger partial charge on any atom is -0.435 e. The molecule has 0 bridgehead atoms. The predicted octanol–water partition coefficient (Wildman–Crippen LogP) is 4.38. The van der Waals surface area contributed by atoms with E-state index in [9.17, 15) is 8.78 Å². The fraction of sp³-hybridized carbons (Fsp3) is 0.294. The topological polar surface area (TPSA) is 21.3 Å². The molecule has 2 rings (SSSR count). The van der Waals surface area contributed by atoms with Crippen molar-refractivity contribution in [3.63, 3.8) is 0 Å². The van der Waals surface area contributed by atoms with Gasteiger partial charge in [0.2, 0.25) is 0 Å². The maximum Gasteiger partial charge on any atom is 0.387 e. The Labute approximate surface area is 123 Å². The van der Waals surface area contributed by atoms with E-state index in [0.717, 1.165) is 24.1 Å². The highest BCUT2D eigenvalue weighted by Crippen LogP contribution is 2.26. The van der Waals surface area contributed by atoms with Crippen LogP contribution in [0.2, 0.25) is 0 Å². The molecular formula is C17H19F2NO. The molecule has 2 aromatic rings. The molecule has 1 atom stereocenters. The normalized spacial score (nSPS) is 12.4. The lowest BCUT2D eigenvalue weighted by atomic mass is 9.98. The first-order valence-corrected chi connectivity index (χ1v) is 7.03. The maximum atomic E-state index is 12.3. The van der Waals surface area contributed by atoms with Gasteiger partial charge in [0, 0.05) is 0 Å². The van der Waals surface area contributed by atoms with Crippen LogP contribution in [0.5, 0.6) is 5.75 Å². The number of halogens is 2. The average molecular weight is 291 g/mol. The van der Waals surface area contributed by atoms with E-state index in [-0.39, 0.29) is 11.8 Å². The van der Waals surface area contributed by atoms with Gasteiger partial charge in [0.05, 0.1) is 6.04 Å². The third-order valence-corrected chi connectivity index (χ3v) is 3.15. The van der Waals surface area contributed by atoms with E-state index in [0.29, 0.717) is 0 Å². The van der Waals surface area contributed by atoms with Crippen molar-refractivity contribution < 1.29 is 13.5 Å². The van der Waals surface area contributed by atoms with Gasteiger partial charge in [-0.1, -0.05) is 49.4 Å². The van der Waals surface area contributed by atoms with Crippen molar-refractivity contribution in [2.45, 2.75) is 26.0 Å². The number of rotatable bonds is 7. The van der Waals surface area contributed by atoms with Crippen molar-refractivity contribution >= 4 is 0 Å². The first-order valence-electron chi connectivity index (χ1n) is 7.03. The molecule has 0 aromatic heterocycles. The van der Waals surface area contributed by atoms with Gasteiger partial charge in [-0.05, 0) is 36.2 Å². The zero-order valence-electron chi connectivity index (χ0n) is 11.9. The fourth-order valence-electron chi connectivity index (χ4n) is 2.23. The van der Waals surface area contributed by atoms with Gasteiger partial charge in [-0.2, -0.15) is 8.78 Å². The Kier molecular flexibility index (Phi) is 5.69. The Morgan fingerprint density at radius 1 is 1.00 bits per heavy atom. The van der Waals surface area contributed by atoms with Gasteiger partial charge >= 0.3 is 6.61 Å². The van der Waals surface area contributed by atoms with E-state index in [1.165, 1.54) is 6.07 Å². The van der Waals surface area contributed by atoms with E-state index >= 15 is 0 Å². The average Bonchev–Trinajstić information content (AvgIpc) is 2.48. The lowest BCUT2D eigenvalue weighted by Crippen LogP contribution is -2.23. The van der Waals surface area contributed by atoms with E-state index in [1.54, 1.807) is 12.1 Å². The molecule has 0 saturated carbocycles. The standard InChI is InChI=1S/C17H19F2NO/c1-2-11-20-16(13-7-4-3-5-8-13)14-9-6-10-15(12-14)21-17(18)19/h3-10,12,16-17,20H,2,11H2,1H3. The summed E-state index contributed by atoms with van der Waals surface area (Å²) in [5, 5.41) is 3.44. The Morgan fingerprint density at radius 3 is 2.38 bits per heavy atom. The molecule has 0 aliphatic rings. The van der Waals surface area contributed by atoms with Gasteiger partial charge in [-0.3, -0.25) is 0 Å². The summed E-state index contributed by atoms with van der Waals surface area (Å²) < 4.78 is 29.2. The van der Waals surface area contributed by atoms with Crippen LogP contribution in [-0.4, -0.2) is 13.2 Å². The molecule has 4 heteroatoms. The highest BCUT2D eigenvalue weighted by atomic mass is 19.3. The summed E-state index contributed by atoms with van der Waals surface area (Å²) in [5.74, 6) is 0.182. The third-order valence-electron chi connectivity index (χ3n) is 3.15. The predicted molar refractivity (Wildman–Crippen MR) is 79.7 cm³/mol. The summed E-state index contributed by atoms with van der Waals surface area (Å²) in [7, 11) is 0. The zero-order chi connectivity index (χ0) is 15.1. The van der Waals surface area contributed by atoms with Gasteiger partial charge in [-0.15, -0.1) is 0 Å². The van der Waals surface area contributed by atoms with Crippen molar-refractivity contribution in [3.8, 4) is 5.75 Å². The number of benzene rings is 2. The molecule has 0 fully saturated rings. The van der Waals surface area contributed by atoms with Crippen LogP contribution in [0.3, 0.4) is 0 Å². The van der Waals surface area contributed by atoms with Gasteiger partial charge in [0.15, 0.2) is 0 Å². The molecule has 0 saturated heterocycles. The second kappa shape index (κ2) is 7.74. The largest absolute Gasteiger partial charge is 0.435 e. The summed E-state index contributed by atoms with van der Waals surface area (Å²) in [6.07, 6.45) is 0.997. The molecule has 0 aliphatic heterocycles. The molecule has 0 spiro atoms. The fourth-order valence-corrected chi connectivity index (χ4v) is 2.23. The first-order chi connectivity index (χ1) is 10.2. The van der Waals surface area contributed by atoms with Crippen LogP contribution in [0.15, 0.2) is 54.6 Å². The summed E-state index contributed by atoms with van der Waals surface area (Å²) in [5.41, 5.74) is 2.01. The molecule has 1 unspecified atom stereocenters. The number of hydrogen-bond donors (Lipinski definition) is 1. The van der Waals surface area contributed by atoms with E-state index in [2.05, 4.69) is 17.0 Å². The van der Waals surface area contributed by atoms with Crippen molar-refractivity contribution in [1.82, 2.24) is 5.32 Å². The number of alkyl halides is 2. The maximum absolute atomic E-state index is 12.3. The molecule has 21 heavy (non-hydrogen) atoms. The molecule has 0 radical (unpaired) electrons. The zero-order valence-corrected chi connectivity index (χ0v) is 11.9. The molecule has 0 amide bonds. The van der Waals surface area contributed by atoms with Crippen molar-refractivity contribution in [1.29, 1.82) is 0 Å². The Bertz CT molecular complexity index is 545. The number of hydrogen-bond acceptors (Lipinski definition) is 2. The summed E-state index contributed by atoms with van der Waals surface area (Å²) in [4.78, 5) is 0. The van der Waals surface area contributed by atoms with Gasteiger partial charge < -0.3 is 10.1 Å². The second-order valence-electron chi connectivity index (χ2n) is 4.75. The van der Waals surface area contributed by atoms with Crippen molar-refractivity contribution in [2.24, 2.45) is 0 Å². The number of nitrogens with one attached hydrogen (secondary N) is 1. The van der Waals surface area contributed by atoms with Crippen LogP contribution in [0.1, 0.15) is 30.5 Å². The van der Waals surface area contributed by atoms with Crippen LogP contribution >= 0.6 is 0 Å². The SMILES string of the molecule is CCCNC(c1ccccc1)c1cccc(OC(F)F)c1. The minimum absolute atomic E-state index is 0.0348. The molecule has 112 valence electrons. The summed E-state index contributed by atoms with van der Waals surface area (Å²) in [6, 6.07) is 16.7. The van der Waals surface area contributed by atoms with E-state index < -0.39 is 6.61 Å². The lowest BCUT2D eigenvalue weighted by Gasteiger charge is -2.20. The quantitative estimate of drug-likeness (QED) is 0.817. The first kappa shape index (κ1) is 15.4. The van der Waals surface area contributed by atoms with Crippen LogP contribution in [0.4, 0.5) is 8.78 Å². The Balaban J connectivity index is 2.28. The van der Waals surface area contributed by atoms with Crippen molar-refractivity contribution in [2.75, 3.05) is 6.54 Å². The van der Waals surface area contributed by atoms with E-state index in [4.69, 9.17) is 0 Å². The monoisotopic (exact) mass is 291 g/mol. The smallest absolute Gasteiger partial charge is 0.387 e. The van der Waals surface area contributed by atoms with E-state index in [1.807, 2.05) is 36.4 Å². The molecule has 0 heterocycles. The lowest BCUT2D eigenvalue weighted by molar-refractivity contribution is -0.0498. The van der Waals surface area contributed by atoms with Gasteiger partial charge in [-0.25, -0.2) is 0 Å². The van der Waals surface area contributed by atoms with Crippen LogP contribution < -0.4 is 10.1 Å². The van der Waals surface area contributed by atoms with Crippen LogP contribution in [0.25, 0.3) is 0 Å². The van der Waals surface area contributed by atoms with Gasteiger partial charge in [0.1, 0.15) is 5.75 Å². The molecule has 1 N–H and O–H groups in total. The second-order valence-corrected chi connectivity index (χ2v) is 4.75. The van der Waals surface area contributed by atoms with Gasteiger partial charge in [0.25, 0.3) is 0 Å². The summed E-state index contributed by atoms with van der Waals surface area (Å²) >= 11 is 0. The molecule has 2 aromatic carbocycles. The summed E-state index contributed by atoms with van der Waals surface area (Å²) in [6.45, 7) is 0.129. The highest BCUT2D eigenvalue weighted by Gasteiger charge is 2.14. The minimum atomic E-state index is -2.81. The molecule has 0 aliphatic carbocycles. The molecular weight excluding hydrogens is 272 g/mol. The van der Waals surface area contributed by atoms with Crippen molar-refractivity contribution in [3.05, 3.63) is 65.7 Å². The van der Waals surface area contributed by atoms with Crippen LogP contribution in [0, 0.1) is 0 Å². The number of ether oxygens (including phenoxy) is 1. The highest BCUT2D eigenvalue weighted by molar-refractivity contribution is 5.36. The Morgan fingerprint density at radius 2 is 1.71 bits per heavy atom. The Hall–Kier alpha value is -1.94.